The fourth-order valence-electron chi connectivity index (χ4n) is 2.02. The molecule has 102 valence electrons. The van der Waals surface area contributed by atoms with Gasteiger partial charge in [-0.3, -0.25) is 0 Å². The normalized spacial score (nSPS) is 12.9. The zero-order chi connectivity index (χ0) is 14.4. The maximum absolute atomic E-state index is 5.06. The Morgan fingerprint density at radius 1 is 1.20 bits per heavy atom. The minimum atomic E-state index is 0.724. The van der Waals surface area contributed by atoms with Gasteiger partial charge in [-0.2, -0.15) is 0 Å². The molecule has 2 aromatic carbocycles. The number of hydrogen-bond donors (Lipinski definition) is 0. The molecule has 20 heavy (non-hydrogen) atoms. The largest absolute Gasteiger partial charge is 0.476 e. The van der Waals surface area contributed by atoms with Crippen molar-refractivity contribution in [3.05, 3.63) is 66.8 Å². The Morgan fingerprint density at radius 3 is 2.55 bits per heavy atom. The van der Waals surface area contributed by atoms with Crippen LogP contribution in [-0.4, -0.2) is 19.0 Å². The Balaban J connectivity index is 0.000000160. The SMILES string of the molecule is C=C(C)C1=NCCO1.C=Cc1cccc2ccccc12. The van der Waals surface area contributed by atoms with E-state index in [1.54, 1.807) is 0 Å². The number of hydrogen-bond acceptors (Lipinski definition) is 2. The van der Waals surface area contributed by atoms with Gasteiger partial charge >= 0.3 is 0 Å². The number of benzene rings is 2. The van der Waals surface area contributed by atoms with E-state index < -0.39 is 0 Å². The monoisotopic (exact) mass is 265 g/mol. The van der Waals surface area contributed by atoms with Crippen LogP contribution >= 0.6 is 0 Å². The molecule has 0 saturated carbocycles. The van der Waals surface area contributed by atoms with E-state index in [0.29, 0.717) is 0 Å². The second-order valence-electron chi connectivity index (χ2n) is 4.59. The van der Waals surface area contributed by atoms with Crippen LogP contribution in [0.2, 0.25) is 0 Å². The predicted octanol–water partition coefficient (Wildman–Crippen LogP) is 4.47. The summed E-state index contributed by atoms with van der Waals surface area (Å²) >= 11 is 0. The topological polar surface area (TPSA) is 21.6 Å². The molecule has 1 aliphatic heterocycles. The molecule has 2 heteroatoms. The molecule has 0 radical (unpaired) electrons. The first kappa shape index (κ1) is 14.1. The second-order valence-corrected chi connectivity index (χ2v) is 4.59. The van der Waals surface area contributed by atoms with E-state index in [1.165, 1.54) is 16.3 Å². The van der Waals surface area contributed by atoms with Gasteiger partial charge in [-0.15, -0.1) is 0 Å². The van der Waals surface area contributed by atoms with Crippen molar-refractivity contribution in [2.45, 2.75) is 6.92 Å². The highest BCUT2D eigenvalue weighted by atomic mass is 16.5. The number of fused-ring (bicyclic) bond motifs is 1. The molecule has 2 nitrogen and oxygen atoms in total. The van der Waals surface area contributed by atoms with Crippen LogP contribution in [0.15, 0.2) is 66.2 Å². The summed E-state index contributed by atoms with van der Waals surface area (Å²) in [5.41, 5.74) is 2.12. The zero-order valence-electron chi connectivity index (χ0n) is 11.8. The molecule has 0 unspecified atom stereocenters. The summed E-state index contributed by atoms with van der Waals surface area (Å²) < 4.78 is 5.06. The van der Waals surface area contributed by atoms with E-state index in [2.05, 4.69) is 60.6 Å². The summed E-state index contributed by atoms with van der Waals surface area (Å²) in [6.07, 6.45) is 1.89. The lowest BCUT2D eigenvalue weighted by Gasteiger charge is -1.99. The zero-order valence-corrected chi connectivity index (χ0v) is 11.8. The Morgan fingerprint density at radius 2 is 1.95 bits per heavy atom. The van der Waals surface area contributed by atoms with Crippen LogP contribution in [0.3, 0.4) is 0 Å². The van der Waals surface area contributed by atoms with Gasteiger partial charge < -0.3 is 4.74 Å². The molecular weight excluding hydrogens is 246 g/mol. The summed E-state index contributed by atoms with van der Waals surface area (Å²) in [5, 5.41) is 2.55. The molecule has 1 heterocycles. The van der Waals surface area contributed by atoms with Gasteiger partial charge in [0.25, 0.3) is 0 Å². The van der Waals surface area contributed by atoms with E-state index >= 15 is 0 Å². The first-order chi connectivity index (χ1) is 9.72. The van der Waals surface area contributed by atoms with Crippen LogP contribution in [-0.2, 0) is 4.74 Å². The lowest BCUT2D eigenvalue weighted by atomic mass is 10.1. The molecule has 0 spiro atoms. The fourth-order valence-corrected chi connectivity index (χ4v) is 2.02. The number of ether oxygens (including phenoxy) is 1. The molecule has 0 bridgehead atoms. The smallest absolute Gasteiger partial charge is 0.211 e. The van der Waals surface area contributed by atoms with Gasteiger partial charge in [-0.05, 0) is 23.3 Å². The minimum absolute atomic E-state index is 0.724. The quantitative estimate of drug-likeness (QED) is 0.784. The van der Waals surface area contributed by atoms with E-state index in [-0.39, 0.29) is 0 Å². The van der Waals surface area contributed by atoms with Crippen LogP contribution in [0.25, 0.3) is 16.8 Å². The van der Waals surface area contributed by atoms with Gasteiger partial charge in [0.1, 0.15) is 6.61 Å². The second kappa shape index (κ2) is 6.71. The molecule has 0 atom stereocenters. The molecule has 0 aromatic heterocycles. The highest BCUT2D eigenvalue weighted by Gasteiger charge is 2.05. The molecule has 2 aromatic rings. The van der Waals surface area contributed by atoms with Crippen molar-refractivity contribution < 1.29 is 4.74 Å². The number of nitrogens with zero attached hydrogens (tertiary/aromatic N) is 1. The summed E-state index contributed by atoms with van der Waals surface area (Å²) in [7, 11) is 0. The Hall–Kier alpha value is -2.35. The lowest BCUT2D eigenvalue weighted by molar-refractivity contribution is 0.347. The molecule has 0 amide bonds. The standard InChI is InChI=1S/C12H10.C6H9NO/c1-2-10-7-5-8-11-6-3-4-9-12(10)11;1-5(2)6-7-3-4-8-6/h2-9H,1H2;1,3-4H2,2H3. The molecular formula is C18H19NO. The third-order valence-electron chi connectivity index (χ3n) is 2.99. The Labute approximate surface area is 120 Å². The fraction of sp³-hybridized carbons (Fsp3) is 0.167. The van der Waals surface area contributed by atoms with Gasteiger partial charge in [0.05, 0.1) is 6.54 Å². The number of aliphatic imine (C=N–C) groups is 1. The van der Waals surface area contributed by atoms with Gasteiger partial charge in [0.2, 0.25) is 5.90 Å². The maximum atomic E-state index is 5.06. The molecule has 0 fully saturated rings. The third kappa shape index (κ3) is 3.35. The molecule has 0 saturated heterocycles. The van der Waals surface area contributed by atoms with E-state index in [1.807, 2.05) is 13.0 Å². The minimum Gasteiger partial charge on any atom is -0.476 e. The van der Waals surface area contributed by atoms with Crippen molar-refractivity contribution >= 4 is 22.7 Å². The highest BCUT2D eigenvalue weighted by Crippen LogP contribution is 2.18. The van der Waals surface area contributed by atoms with Crippen LogP contribution in [0.4, 0.5) is 0 Å². The first-order valence-electron chi connectivity index (χ1n) is 6.65. The van der Waals surface area contributed by atoms with Crippen molar-refractivity contribution in [3.8, 4) is 0 Å². The van der Waals surface area contributed by atoms with E-state index in [0.717, 1.165) is 24.6 Å². The summed E-state index contributed by atoms with van der Waals surface area (Å²) in [6.45, 7) is 10.9. The molecule has 0 aliphatic carbocycles. The van der Waals surface area contributed by atoms with Gasteiger partial charge in [-0.25, -0.2) is 4.99 Å². The van der Waals surface area contributed by atoms with Gasteiger partial charge in [0, 0.05) is 5.57 Å². The predicted molar refractivity (Wildman–Crippen MR) is 87.1 cm³/mol. The lowest BCUT2D eigenvalue weighted by Crippen LogP contribution is -1.97. The van der Waals surface area contributed by atoms with Crippen molar-refractivity contribution in [2.75, 3.05) is 13.2 Å². The van der Waals surface area contributed by atoms with Crippen molar-refractivity contribution in [1.29, 1.82) is 0 Å². The summed E-state index contributed by atoms with van der Waals surface area (Å²) in [5.74, 6) is 0.727. The van der Waals surface area contributed by atoms with Crippen LogP contribution in [0.5, 0.6) is 0 Å². The highest BCUT2D eigenvalue weighted by molar-refractivity contribution is 5.93. The molecule has 1 aliphatic rings. The van der Waals surface area contributed by atoms with E-state index in [4.69, 9.17) is 4.74 Å². The number of rotatable bonds is 2. The summed E-state index contributed by atoms with van der Waals surface area (Å²) in [4.78, 5) is 4.03. The van der Waals surface area contributed by atoms with Gasteiger partial charge in [-0.1, -0.05) is 61.7 Å². The average Bonchev–Trinajstić information content (AvgIpc) is 3.02. The van der Waals surface area contributed by atoms with Gasteiger partial charge in [0.15, 0.2) is 0 Å². The molecule has 0 N–H and O–H groups in total. The Bertz CT molecular complexity index is 650. The van der Waals surface area contributed by atoms with Crippen LogP contribution in [0, 0.1) is 0 Å². The van der Waals surface area contributed by atoms with Crippen molar-refractivity contribution in [1.82, 2.24) is 0 Å². The summed E-state index contributed by atoms with van der Waals surface area (Å²) in [6, 6.07) is 14.6. The van der Waals surface area contributed by atoms with Crippen LogP contribution in [0.1, 0.15) is 12.5 Å². The van der Waals surface area contributed by atoms with Crippen LogP contribution < -0.4 is 0 Å². The molecule has 3 rings (SSSR count). The maximum Gasteiger partial charge on any atom is 0.211 e. The third-order valence-corrected chi connectivity index (χ3v) is 2.99. The van der Waals surface area contributed by atoms with Crippen molar-refractivity contribution in [3.63, 3.8) is 0 Å². The van der Waals surface area contributed by atoms with Crippen molar-refractivity contribution in [2.24, 2.45) is 4.99 Å². The first-order valence-corrected chi connectivity index (χ1v) is 6.65. The average molecular weight is 265 g/mol. The Kier molecular flexibility index (Phi) is 4.72. The van der Waals surface area contributed by atoms with E-state index in [9.17, 15) is 0 Å².